The molecule has 25 heavy (non-hydrogen) atoms. The number of piperidine rings is 1. The maximum Gasteiger partial charge on any atom is 0.222 e. The summed E-state index contributed by atoms with van der Waals surface area (Å²) >= 11 is 0. The Morgan fingerprint density at radius 2 is 2.04 bits per heavy atom. The van der Waals surface area contributed by atoms with Gasteiger partial charge in [0.25, 0.3) is 0 Å². The molecule has 138 valence electrons. The van der Waals surface area contributed by atoms with Crippen molar-refractivity contribution >= 4 is 11.8 Å². The third-order valence-corrected chi connectivity index (χ3v) is 4.56. The van der Waals surface area contributed by atoms with Crippen molar-refractivity contribution in [1.82, 2.24) is 10.2 Å². The number of ether oxygens (including phenoxy) is 1. The number of hydrogen-bond donors (Lipinski definition) is 1. The fourth-order valence-electron chi connectivity index (χ4n) is 3.35. The summed E-state index contributed by atoms with van der Waals surface area (Å²) in [5.41, 5.74) is 1.01. The van der Waals surface area contributed by atoms with Crippen molar-refractivity contribution < 1.29 is 14.3 Å². The number of hydrogen-bond acceptors (Lipinski definition) is 3. The molecule has 2 atom stereocenters. The molecule has 1 saturated heterocycles. The molecule has 2 rings (SSSR count). The van der Waals surface area contributed by atoms with Crippen molar-refractivity contribution in [3.05, 3.63) is 29.8 Å². The van der Waals surface area contributed by atoms with Crippen molar-refractivity contribution in [1.29, 1.82) is 0 Å². The molecule has 1 aromatic rings. The van der Waals surface area contributed by atoms with Gasteiger partial charge in [-0.3, -0.25) is 9.59 Å². The van der Waals surface area contributed by atoms with Crippen LogP contribution in [0.2, 0.25) is 0 Å². The Kier molecular flexibility index (Phi) is 6.85. The highest BCUT2D eigenvalue weighted by Crippen LogP contribution is 2.22. The summed E-state index contributed by atoms with van der Waals surface area (Å²) in [6, 6.07) is 7.74. The summed E-state index contributed by atoms with van der Waals surface area (Å²) in [4.78, 5) is 26.0. The van der Waals surface area contributed by atoms with E-state index in [1.807, 2.05) is 49.9 Å². The summed E-state index contributed by atoms with van der Waals surface area (Å²) in [5, 5.41) is 3.05. The predicted molar refractivity (Wildman–Crippen MR) is 98.4 cm³/mol. The second-order valence-electron chi connectivity index (χ2n) is 7.09. The largest absolute Gasteiger partial charge is 0.491 e. The normalized spacial score (nSPS) is 18.8. The van der Waals surface area contributed by atoms with E-state index in [0.717, 1.165) is 37.1 Å². The second-order valence-corrected chi connectivity index (χ2v) is 7.09. The van der Waals surface area contributed by atoms with E-state index >= 15 is 0 Å². The van der Waals surface area contributed by atoms with Crippen LogP contribution in [0.5, 0.6) is 5.75 Å². The Morgan fingerprint density at radius 1 is 1.28 bits per heavy atom. The first-order valence-electron chi connectivity index (χ1n) is 9.20. The summed E-state index contributed by atoms with van der Waals surface area (Å²) in [6.07, 6.45) is 3.48. The van der Waals surface area contributed by atoms with E-state index in [-0.39, 0.29) is 30.0 Å². The molecule has 2 amide bonds. The third kappa shape index (κ3) is 5.76. The van der Waals surface area contributed by atoms with Gasteiger partial charge in [0, 0.05) is 25.9 Å². The van der Waals surface area contributed by atoms with Gasteiger partial charge in [-0.1, -0.05) is 12.1 Å². The van der Waals surface area contributed by atoms with Gasteiger partial charge >= 0.3 is 0 Å². The Hall–Kier alpha value is -2.04. The number of likely N-dealkylation sites (tertiary alicyclic amines) is 1. The smallest absolute Gasteiger partial charge is 0.222 e. The summed E-state index contributed by atoms with van der Waals surface area (Å²) in [5.74, 6) is 0.855. The first-order valence-corrected chi connectivity index (χ1v) is 9.20. The Balaban J connectivity index is 1.94. The van der Waals surface area contributed by atoms with Crippen molar-refractivity contribution in [2.45, 2.75) is 71.6 Å². The van der Waals surface area contributed by atoms with Crippen molar-refractivity contribution in [3.8, 4) is 5.75 Å². The van der Waals surface area contributed by atoms with Gasteiger partial charge in [0.05, 0.1) is 12.1 Å². The zero-order chi connectivity index (χ0) is 18.4. The van der Waals surface area contributed by atoms with E-state index < -0.39 is 0 Å². The maximum absolute atomic E-state index is 12.4. The summed E-state index contributed by atoms with van der Waals surface area (Å²) in [7, 11) is 0. The summed E-state index contributed by atoms with van der Waals surface area (Å²) in [6.45, 7) is 8.29. The molecule has 1 fully saturated rings. The molecular weight excluding hydrogens is 316 g/mol. The molecule has 0 bridgehead atoms. The highest BCUT2D eigenvalue weighted by molar-refractivity contribution is 5.79. The quantitative estimate of drug-likeness (QED) is 0.858. The fourth-order valence-corrected chi connectivity index (χ4v) is 3.35. The Labute approximate surface area is 150 Å². The molecule has 5 nitrogen and oxygen atoms in total. The molecule has 0 radical (unpaired) electrons. The second kappa shape index (κ2) is 8.88. The molecule has 1 aliphatic rings. The lowest BCUT2D eigenvalue weighted by Crippen LogP contribution is -2.45. The number of nitrogens with zero attached hydrogens (tertiary/aromatic N) is 1. The molecule has 0 spiro atoms. The van der Waals surface area contributed by atoms with E-state index in [4.69, 9.17) is 4.74 Å². The van der Waals surface area contributed by atoms with Gasteiger partial charge in [-0.05, 0) is 57.7 Å². The Bertz CT molecular complexity index is 600. The van der Waals surface area contributed by atoms with Crippen molar-refractivity contribution in [2.24, 2.45) is 0 Å². The number of rotatable bonds is 6. The SMILES string of the molecule is CC(=O)N1CCCCC1CC(=O)NC(C)c1cccc(OC(C)C)c1. The lowest BCUT2D eigenvalue weighted by Gasteiger charge is -2.35. The van der Waals surface area contributed by atoms with Gasteiger partial charge < -0.3 is 15.0 Å². The van der Waals surface area contributed by atoms with Crippen LogP contribution in [0, 0.1) is 0 Å². The number of amides is 2. The van der Waals surface area contributed by atoms with Crippen molar-refractivity contribution in [2.75, 3.05) is 6.54 Å². The van der Waals surface area contributed by atoms with Gasteiger partial charge in [0.15, 0.2) is 0 Å². The summed E-state index contributed by atoms with van der Waals surface area (Å²) < 4.78 is 5.72. The lowest BCUT2D eigenvalue weighted by atomic mass is 9.98. The molecular formula is C20H30N2O3. The zero-order valence-electron chi connectivity index (χ0n) is 15.7. The van der Waals surface area contributed by atoms with Crippen LogP contribution < -0.4 is 10.1 Å². The average Bonchev–Trinajstić information content (AvgIpc) is 2.54. The minimum Gasteiger partial charge on any atom is -0.491 e. The van der Waals surface area contributed by atoms with E-state index in [0.29, 0.717) is 6.42 Å². The van der Waals surface area contributed by atoms with Gasteiger partial charge in [-0.25, -0.2) is 0 Å². The standard InChI is InChI=1S/C20H30N2O3/c1-14(2)25-19-10-7-8-17(12-19)15(3)21-20(24)13-18-9-5-6-11-22(18)16(4)23/h7-8,10,12,14-15,18H,5-6,9,11,13H2,1-4H3,(H,21,24). The van der Waals surface area contributed by atoms with Crippen LogP contribution >= 0.6 is 0 Å². The molecule has 1 aliphatic heterocycles. The van der Waals surface area contributed by atoms with Crippen LogP contribution in [-0.4, -0.2) is 35.4 Å². The maximum atomic E-state index is 12.4. The zero-order valence-corrected chi connectivity index (χ0v) is 15.7. The van der Waals surface area contributed by atoms with E-state index in [2.05, 4.69) is 5.32 Å². The monoisotopic (exact) mass is 346 g/mol. The minimum absolute atomic E-state index is 0.0131. The van der Waals surface area contributed by atoms with Gasteiger partial charge in [-0.15, -0.1) is 0 Å². The Morgan fingerprint density at radius 3 is 2.72 bits per heavy atom. The molecule has 0 aromatic heterocycles. The molecule has 1 aromatic carbocycles. The topological polar surface area (TPSA) is 58.6 Å². The van der Waals surface area contributed by atoms with E-state index in [1.54, 1.807) is 6.92 Å². The first kappa shape index (κ1) is 19.3. The van der Waals surface area contributed by atoms with Crippen LogP contribution in [-0.2, 0) is 9.59 Å². The fraction of sp³-hybridized carbons (Fsp3) is 0.600. The average molecular weight is 346 g/mol. The van der Waals surface area contributed by atoms with Crippen LogP contribution in [0.1, 0.15) is 65.0 Å². The van der Waals surface area contributed by atoms with E-state index in [9.17, 15) is 9.59 Å². The highest BCUT2D eigenvalue weighted by atomic mass is 16.5. The molecule has 5 heteroatoms. The molecule has 0 aliphatic carbocycles. The van der Waals surface area contributed by atoms with Gasteiger partial charge in [0.1, 0.15) is 5.75 Å². The van der Waals surface area contributed by atoms with Crippen molar-refractivity contribution in [3.63, 3.8) is 0 Å². The van der Waals surface area contributed by atoms with E-state index in [1.165, 1.54) is 0 Å². The number of carbonyl (C=O) groups excluding carboxylic acids is 2. The first-order chi connectivity index (χ1) is 11.9. The minimum atomic E-state index is -0.0995. The van der Waals surface area contributed by atoms with Crippen LogP contribution in [0.3, 0.4) is 0 Å². The van der Waals surface area contributed by atoms with Gasteiger partial charge in [0.2, 0.25) is 11.8 Å². The predicted octanol–water partition coefficient (Wildman–Crippen LogP) is 3.44. The third-order valence-electron chi connectivity index (χ3n) is 4.56. The number of nitrogens with one attached hydrogen (secondary N) is 1. The van der Waals surface area contributed by atoms with Gasteiger partial charge in [-0.2, -0.15) is 0 Å². The highest BCUT2D eigenvalue weighted by Gasteiger charge is 2.26. The molecule has 1 N–H and O–H groups in total. The van der Waals surface area contributed by atoms with Crippen LogP contribution in [0.15, 0.2) is 24.3 Å². The lowest BCUT2D eigenvalue weighted by molar-refractivity contribution is -0.134. The molecule has 0 saturated carbocycles. The number of benzene rings is 1. The number of carbonyl (C=O) groups is 2. The van der Waals surface area contributed by atoms with Crippen LogP contribution in [0.25, 0.3) is 0 Å². The van der Waals surface area contributed by atoms with Crippen LogP contribution in [0.4, 0.5) is 0 Å². The molecule has 1 heterocycles. The molecule has 2 unspecified atom stereocenters.